The Morgan fingerprint density at radius 1 is 0.863 bits per heavy atom. The molecule has 1 aromatic heterocycles. The number of carbonyl (C=O) groups excluding carboxylic acids is 4. The predicted molar refractivity (Wildman–Crippen MR) is 189 cm³/mol. The third-order valence-corrected chi connectivity index (χ3v) is 8.00. The summed E-state index contributed by atoms with van der Waals surface area (Å²) in [5.41, 5.74) is 0.539. The van der Waals surface area contributed by atoms with Gasteiger partial charge < -0.3 is 34.3 Å². The Labute approximate surface area is 295 Å². The maximum atomic E-state index is 14.2. The number of para-hydroxylation sites is 1. The van der Waals surface area contributed by atoms with E-state index in [-0.39, 0.29) is 31.9 Å². The molecular formula is C39H40N2O10. The van der Waals surface area contributed by atoms with Crippen LogP contribution >= 0.6 is 0 Å². The molecule has 4 rings (SSSR count). The molecule has 4 aromatic rings. The van der Waals surface area contributed by atoms with Crippen molar-refractivity contribution in [2.45, 2.75) is 46.2 Å². The number of nitrogens with zero attached hydrogens (tertiary/aromatic N) is 1. The highest BCUT2D eigenvalue weighted by Gasteiger charge is 2.33. The number of rotatable bonds is 16. The highest BCUT2D eigenvalue weighted by atomic mass is 16.5. The van der Waals surface area contributed by atoms with Crippen molar-refractivity contribution in [1.29, 1.82) is 0 Å². The van der Waals surface area contributed by atoms with Gasteiger partial charge in [-0.15, -0.1) is 0 Å². The number of benzene rings is 3. The van der Waals surface area contributed by atoms with Crippen LogP contribution in [0.25, 0.3) is 10.8 Å². The Kier molecular flexibility index (Phi) is 13.3. The molecule has 51 heavy (non-hydrogen) atoms. The standard InChI is InChI=1S/C39H40N2O10/c1-4-49-35(44)20-17-28(22-31-18-19-33(51-31)37(46)40-30-13-7-6-8-14-30)25(3)41(24-26-15-16-27-11-9-10-12-29(27)21-26)38(47)36(45)32(23-34(42)43)39(48)50-5-2/h6-21,25,28,45H,4-5,22-24H2,1-3H3,(H,40,46)(H,42,43). The molecule has 0 saturated heterocycles. The van der Waals surface area contributed by atoms with Gasteiger partial charge in [0.2, 0.25) is 0 Å². The summed E-state index contributed by atoms with van der Waals surface area (Å²) in [7, 11) is 0. The predicted octanol–water partition coefficient (Wildman–Crippen LogP) is 6.23. The van der Waals surface area contributed by atoms with Crippen molar-refractivity contribution in [1.82, 2.24) is 4.90 Å². The molecule has 2 amide bonds. The molecule has 0 spiro atoms. The van der Waals surface area contributed by atoms with E-state index < -0.39 is 59.4 Å². The van der Waals surface area contributed by atoms with Gasteiger partial charge in [0, 0.05) is 36.7 Å². The van der Waals surface area contributed by atoms with Crippen LogP contribution in [0.5, 0.6) is 0 Å². The van der Waals surface area contributed by atoms with E-state index in [4.69, 9.17) is 13.9 Å². The Balaban J connectivity index is 1.74. The lowest BCUT2D eigenvalue weighted by molar-refractivity contribution is -0.143. The van der Waals surface area contributed by atoms with E-state index in [1.165, 1.54) is 24.0 Å². The molecule has 2 atom stereocenters. The van der Waals surface area contributed by atoms with Crippen LogP contribution in [0.2, 0.25) is 0 Å². The van der Waals surface area contributed by atoms with E-state index in [0.717, 1.165) is 10.8 Å². The summed E-state index contributed by atoms with van der Waals surface area (Å²) in [5, 5.41) is 25.3. The van der Waals surface area contributed by atoms with Gasteiger partial charge in [-0.25, -0.2) is 9.59 Å². The Bertz CT molecular complexity index is 1930. The van der Waals surface area contributed by atoms with Crippen LogP contribution in [0.1, 0.15) is 49.1 Å². The SMILES string of the molecule is CCOC(=O)C=CC(Cc1ccc(C(=O)Nc2ccccc2)o1)C(C)N(Cc1ccc2ccccc2c1)C(=O)C(O)=C(CC(=O)O)C(=O)OCC. The summed E-state index contributed by atoms with van der Waals surface area (Å²) in [6.07, 6.45) is 1.89. The van der Waals surface area contributed by atoms with Crippen LogP contribution in [-0.2, 0) is 41.6 Å². The van der Waals surface area contributed by atoms with Crippen molar-refractivity contribution in [3.05, 3.63) is 125 Å². The van der Waals surface area contributed by atoms with Crippen molar-refractivity contribution in [3.63, 3.8) is 0 Å². The van der Waals surface area contributed by atoms with Gasteiger partial charge >= 0.3 is 17.9 Å². The number of hydrogen-bond acceptors (Lipinski definition) is 9. The topological polar surface area (TPSA) is 173 Å². The van der Waals surface area contributed by atoms with Gasteiger partial charge in [-0.05, 0) is 67.4 Å². The van der Waals surface area contributed by atoms with E-state index in [1.807, 2.05) is 48.5 Å². The van der Waals surface area contributed by atoms with Crippen LogP contribution in [0.4, 0.5) is 5.69 Å². The van der Waals surface area contributed by atoms with E-state index in [9.17, 15) is 34.2 Å². The molecule has 12 heteroatoms. The number of anilines is 1. The fourth-order valence-corrected chi connectivity index (χ4v) is 5.40. The highest BCUT2D eigenvalue weighted by molar-refractivity contribution is 6.03. The van der Waals surface area contributed by atoms with Gasteiger partial charge in [-0.1, -0.05) is 60.7 Å². The zero-order valence-electron chi connectivity index (χ0n) is 28.5. The summed E-state index contributed by atoms with van der Waals surface area (Å²) in [6.45, 7) is 4.79. The second-order valence-electron chi connectivity index (χ2n) is 11.5. The summed E-state index contributed by atoms with van der Waals surface area (Å²) in [4.78, 5) is 65.2. The number of carboxylic acid groups (broad SMARTS) is 1. The lowest BCUT2D eigenvalue weighted by atomic mass is 9.93. The van der Waals surface area contributed by atoms with E-state index in [2.05, 4.69) is 5.32 Å². The number of carboxylic acids is 1. The first kappa shape index (κ1) is 37.6. The summed E-state index contributed by atoms with van der Waals surface area (Å²) in [6, 6.07) is 24.3. The Morgan fingerprint density at radius 2 is 1.55 bits per heavy atom. The molecule has 0 aliphatic rings. The minimum Gasteiger partial charge on any atom is -0.503 e. The first-order chi connectivity index (χ1) is 24.5. The number of esters is 2. The minimum atomic E-state index is -1.45. The maximum Gasteiger partial charge on any atom is 0.338 e. The van der Waals surface area contributed by atoms with E-state index in [0.29, 0.717) is 17.0 Å². The van der Waals surface area contributed by atoms with Crippen molar-refractivity contribution in [2.24, 2.45) is 5.92 Å². The molecule has 0 bridgehead atoms. The summed E-state index contributed by atoms with van der Waals surface area (Å²) < 4.78 is 15.9. The minimum absolute atomic E-state index is 0.0343. The molecule has 0 radical (unpaired) electrons. The van der Waals surface area contributed by atoms with Crippen molar-refractivity contribution in [3.8, 4) is 0 Å². The molecule has 3 N–H and O–H groups in total. The highest BCUT2D eigenvalue weighted by Crippen LogP contribution is 2.26. The van der Waals surface area contributed by atoms with Crippen molar-refractivity contribution < 1.29 is 48.1 Å². The van der Waals surface area contributed by atoms with Crippen LogP contribution < -0.4 is 5.32 Å². The van der Waals surface area contributed by atoms with E-state index in [1.54, 1.807) is 50.3 Å². The molecule has 0 saturated carbocycles. The fraction of sp³-hybridized carbons (Fsp3) is 0.256. The zero-order chi connectivity index (χ0) is 36.9. The number of ether oxygens (including phenoxy) is 2. The number of nitrogens with one attached hydrogen (secondary N) is 1. The van der Waals surface area contributed by atoms with Gasteiger partial charge in [0.05, 0.1) is 25.2 Å². The summed E-state index contributed by atoms with van der Waals surface area (Å²) in [5.74, 6) is -6.10. The quantitative estimate of drug-likeness (QED) is 0.0693. The average molecular weight is 697 g/mol. The van der Waals surface area contributed by atoms with Gasteiger partial charge in [0.1, 0.15) is 5.76 Å². The molecular weight excluding hydrogens is 656 g/mol. The van der Waals surface area contributed by atoms with Crippen LogP contribution in [0.15, 0.2) is 113 Å². The smallest absolute Gasteiger partial charge is 0.338 e. The largest absolute Gasteiger partial charge is 0.503 e. The maximum absolute atomic E-state index is 14.2. The van der Waals surface area contributed by atoms with Crippen molar-refractivity contribution >= 4 is 46.2 Å². The van der Waals surface area contributed by atoms with Gasteiger partial charge in [0.25, 0.3) is 11.8 Å². The second-order valence-corrected chi connectivity index (χ2v) is 11.5. The number of aliphatic hydroxyl groups is 1. The number of fused-ring (bicyclic) bond motifs is 1. The molecule has 0 aliphatic carbocycles. The van der Waals surface area contributed by atoms with Gasteiger partial charge in [-0.2, -0.15) is 0 Å². The number of aliphatic carboxylic acids is 1. The number of amides is 2. The molecule has 266 valence electrons. The lowest BCUT2D eigenvalue weighted by Gasteiger charge is -2.34. The van der Waals surface area contributed by atoms with Crippen LogP contribution in [0, 0.1) is 5.92 Å². The van der Waals surface area contributed by atoms with E-state index >= 15 is 0 Å². The number of aliphatic hydroxyl groups excluding tert-OH is 1. The van der Waals surface area contributed by atoms with Crippen molar-refractivity contribution in [2.75, 3.05) is 18.5 Å². The monoisotopic (exact) mass is 696 g/mol. The number of carbonyl (C=O) groups is 5. The van der Waals surface area contributed by atoms with Crippen LogP contribution in [0.3, 0.4) is 0 Å². The Hall–Kier alpha value is -6.17. The fourth-order valence-electron chi connectivity index (χ4n) is 5.40. The molecule has 0 aliphatic heterocycles. The molecule has 2 unspecified atom stereocenters. The second kappa shape index (κ2) is 18.0. The van der Waals surface area contributed by atoms with Gasteiger partial charge in [0.15, 0.2) is 11.5 Å². The number of furan rings is 1. The lowest BCUT2D eigenvalue weighted by Crippen LogP contribution is -2.44. The zero-order valence-corrected chi connectivity index (χ0v) is 28.5. The summed E-state index contributed by atoms with van der Waals surface area (Å²) >= 11 is 0. The molecule has 1 heterocycles. The molecule has 0 fully saturated rings. The van der Waals surface area contributed by atoms with Gasteiger partial charge in [-0.3, -0.25) is 14.4 Å². The molecule has 12 nitrogen and oxygen atoms in total. The Morgan fingerprint density at radius 3 is 2.24 bits per heavy atom. The molecule has 3 aromatic carbocycles. The third-order valence-electron chi connectivity index (χ3n) is 8.00. The average Bonchev–Trinajstić information content (AvgIpc) is 3.60. The normalized spacial score (nSPS) is 12.8. The number of hydrogen-bond donors (Lipinski definition) is 3. The first-order valence-corrected chi connectivity index (χ1v) is 16.4. The first-order valence-electron chi connectivity index (χ1n) is 16.4. The van der Waals surface area contributed by atoms with Crippen LogP contribution in [-0.4, -0.2) is 64.1 Å². The third kappa shape index (κ3) is 10.4.